The fraction of sp³-hybridized carbons (Fsp3) is 0.400. The fourth-order valence-electron chi connectivity index (χ4n) is 1.35. The van der Waals surface area contributed by atoms with E-state index in [0.29, 0.717) is 6.54 Å². The van der Waals surface area contributed by atoms with Crippen LogP contribution in [0.4, 0.5) is 0 Å². The second-order valence-corrected chi connectivity index (χ2v) is 3.11. The van der Waals surface area contributed by atoms with Gasteiger partial charge in [0.25, 0.3) is 0 Å². The molecule has 2 atom stereocenters. The number of hydrogen-bond acceptors (Lipinski definition) is 2. The SMILES string of the molecule is CC(N)C(CN)c1ccccc1. The summed E-state index contributed by atoms with van der Waals surface area (Å²) < 4.78 is 0. The highest BCUT2D eigenvalue weighted by atomic mass is 14.7. The number of rotatable bonds is 3. The topological polar surface area (TPSA) is 52.0 Å². The van der Waals surface area contributed by atoms with Gasteiger partial charge < -0.3 is 11.5 Å². The van der Waals surface area contributed by atoms with Gasteiger partial charge in [0, 0.05) is 18.5 Å². The minimum Gasteiger partial charge on any atom is -0.330 e. The summed E-state index contributed by atoms with van der Waals surface area (Å²) in [7, 11) is 0. The van der Waals surface area contributed by atoms with Crippen LogP contribution in [0, 0.1) is 0 Å². The molecule has 1 aromatic rings. The zero-order valence-electron chi connectivity index (χ0n) is 7.40. The molecule has 0 aromatic heterocycles. The van der Waals surface area contributed by atoms with Crippen molar-refractivity contribution in [1.82, 2.24) is 0 Å². The van der Waals surface area contributed by atoms with E-state index >= 15 is 0 Å². The van der Waals surface area contributed by atoms with Crippen LogP contribution in [0.15, 0.2) is 30.3 Å². The lowest BCUT2D eigenvalue weighted by Gasteiger charge is -2.18. The smallest absolute Gasteiger partial charge is 0.0110 e. The minimum atomic E-state index is 0.123. The van der Waals surface area contributed by atoms with E-state index in [1.165, 1.54) is 5.56 Å². The Labute approximate surface area is 73.6 Å². The van der Waals surface area contributed by atoms with E-state index in [1.54, 1.807) is 0 Å². The highest BCUT2D eigenvalue weighted by Crippen LogP contribution is 2.16. The molecule has 0 fully saturated rings. The van der Waals surface area contributed by atoms with Crippen molar-refractivity contribution in [3.8, 4) is 0 Å². The first-order valence-corrected chi connectivity index (χ1v) is 4.26. The van der Waals surface area contributed by atoms with Crippen LogP contribution in [0.3, 0.4) is 0 Å². The van der Waals surface area contributed by atoms with Crippen LogP contribution < -0.4 is 11.5 Å². The molecule has 0 amide bonds. The third kappa shape index (κ3) is 2.06. The number of nitrogens with two attached hydrogens (primary N) is 2. The van der Waals surface area contributed by atoms with Gasteiger partial charge in [-0.05, 0) is 12.5 Å². The Morgan fingerprint density at radius 2 is 1.83 bits per heavy atom. The lowest BCUT2D eigenvalue weighted by molar-refractivity contribution is 0.577. The standard InChI is InChI=1S/C10H16N2/c1-8(12)10(7-11)9-5-3-2-4-6-9/h2-6,8,10H,7,11-12H2,1H3. The van der Waals surface area contributed by atoms with Gasteiger partial charge in [0.1, 0.15) is 0 Å². The summed E-state index contributed by atoms with van der Waals surface area (Å²) >= 11 is 0. The number of hydrogen-bond donors (Lipinski definition) is 2. The molecule has 0 aliphatic heterocycles. The van der Waals surface area contributed by atoms with E-state index in [9.17, 15) is 0 Å². The second kappa shape index (κ2) is 4.24. The van der Waals surface area contributed by atoms with E-state index < -0.39 is 0 Å². The maximum absolute atomic E-state index is 5.80. The molecule has 0 radical (unpaired) electrons. The molecule has 12 heavy (non-hydrogen) atoms. The molecule has 0 bridgehead atoms. The summed E-state index contributed by atoms with van der Waals surface area (Å²) in [5.41, 5.74) is 12.7. The number of benzene rings is 1. The molecule has 2 nitrogen and oxygen atoms in total. The summed E-state index contributed by atoms with van der Waals surface area (Å²) in [5.74, 6) is 0.284. The molecule has 0 aliphatic carbocycles. The van der Waals surface area contributed by atoms with Crippen molar-refractivity contribution in [2.75, 3.05) is 6.54 Å². The Kier molecular flexibility index (Phi) is 3.26. The Bertz CT molecular complexity index is 219. The molecule has 4 N–H and O–H groups in total. The maximum atomic E-state index is 5.80. The first kappa shape index (κ1) is 9.23. The fourth-order valence-corrected chi connectivity index (χ4v) is 1.35. The van der Waals surface area contributed by atoms with Gasteiger partial charge in [-0.3, -0.25) is 0 Å². The Balaban J connectivity index is 2.80. The van der Waals surface area contributed by atoms with Crippen molar-refractivity contribution in [3.63, 3.8) is 0 Å². The van der Waals surface area contributed by atoms with E-state index in [-0.39, 0.29) is 12.0 Å². The molecule has 1 aromatic carbocycles. The zero-order valence-corrected chi connectivity index (χ0v) is 7.40. The molecule has 0 spiro atoms. The van der Waals surface area contributed by atoms with Crippen LogP contribution in [0.1, 0.15) is 18.4 Å². The first-order valence-electron chi connectivity index (χ1n) is 4.26. The molecule has 0 saturated carbocycles. The van der Waals surface area contributed by atoms with Crippen LogP contribution in [-0.4, -0.2) is 12.6 Å². The lowest BCUT2D eigenvalue weighted by Crippen LogP contribution is -2.30. The summed E-state index contributed by atoms with van der Waals surface area (Å²) in [6, 6.07) is 10.3. The first-order chi connectivity index (χ1) is 5.75. The van der Waals surface area contributed by atoms with Crippen LogP contribution in [-0.2, 0) is 0 Å². The zero-order chi connectivity index (χ0) is 8.97. The van der Waals surface area contributed by atoms with E-state index in [0.717, 1.165) is 0 Å². The van der Waals surface area contributed by atoms with Gasteiger partial charge in [-0.25, -0.2) is 0 Å². The van der Waals surface area contributed by atoms with Crippen LogP contribution in [0.25, 0.3) is 0 Å². The molecule has 1 rings (SSSR count). The van der Waals surface area contributed by atoms with Gasteiger partial charge in [0.2, 0.25) is 0 Å². The molecule has 66 valence electrons. The largest absolute Gasteiger partial charge is 0.330 e. The summed E-state index contributed by atoms with van der Waals surface area (Å²) in [4.78, 5) is 0. The van der Waals surface area contributed by atoms with Crippen molar-refractivity contribution < 1.29 is 0 Å². The summed E-state index contributed by atoms with van der Waals surface area (Å²) in [6.45, 7) is 2.60. The Hall–Kier alpha value is -0.860. The quantitative estimate of drug-likeness (QED) is 0.702. The van der Waals surface area contributed by atoms with Crippen LogP contribution >= 0.6 is 0 Å². The molecular weight excluding hydrogens is 148 g/mol. The summed E-state index contributed by atoms with van der Waals surface area (Å²) in [6.07, 6.45) is 0. The second-order valence-electron chi connectivity index (χ2n) is 3.11. The molecular formula is C10H16N2. The molecule has 0 saturated heterocycles. The van der Waals surface area contributed by atoms with Crippen molar-refractivity contribution in [3.05, 3.63) is 35.9 Å². The van der Waals surface area contributed by atoms with Gasteiger partial charge in [-0.1, -0.05) is 30.3 Å². The maximum Gasteiger partial charge on any atom is 0.0110 e. The third-order valence-electron chi connectivity index (χ3n) is 2.12. The predicted octanol–water partition coefficient (Wildman–Crippen LogP) is 1.08. The minimum absolute atomic E-state index is 0.123. The van der Waals surface area contributed by atoms with Crippen molar-refractivity contribution in [1.29, 1.82) is 0 Å². The van der Waals surface area contributed by atoms with E-state index in [4.69, 9.17) is 11.5 Å². The third-order valence-corrected chi connectivity index (χ3v) is 2.12. The molecule has 2 unspecified atom stereocenters. The lowest BCUT2D eigenvalue weighted by atomic mass is 9.93. The van der Waals surface area contributed by atoms with E-state index in [1.807, 2.05) is 25.1 Å². The monoisotopic (exact) mass is 164 g/mol. The van der Waals surface area contributed by atoms with Gasteiger partial charge in [0.05, 0.1) is 0 Å². The molecule has 0 heterocycles. The summed E-state index contributed by atoms with van der Waals surface area (Å²) in [5, 5.41) is 0. The van der Waals surface area contributed by atoms with Crippen molar-refractivity contribution in [2.24, 2.45) is 11.5 Å². The highest BCUT2D eigenvalue weighted by molar-refractivity contribution is 5.21. The van der Waals surface area contributed by atoms with Gasteiger partial charge >= 0.3 is 0 Å². The molecule has 0 aliphatic rings. The van der Waals surface area contributed by atoms with Crippen molar-refractivity contribution in [2.45, 2.75) is 18.9 Å². The Morgan fingerprint density at radius 3 is 2.25 bits per heavy atom. The van der Waals surface area contributed by atoms with Crippen LogP contribution in [0.5, 0.6) is 0 Å². The average Bonchev–Trinajstić information content (AvgIpc) is 2.07. The highest BCUT2D eigenvalue weighted by Gasteiger charge is 2.12. The Morgan fingerprint density at radius 1 is 1.25 bits per heavy atom. The van der Waals surface area contributed by atoms with Crippen molar-refractivity contribution >= 4 is 0 Å². The average molecular weight is 164 g/mol. The normalized spacial score (nSPS) is 15.6. The van der Waals surface area contributed by atoms with E-state index in [2.05, 4.69) is 12.1 Å². The predicted molar refractivity (Wildman–Crippen MR) is 51.9 cm³/mol. The van der Waals surface area contributed by atoms with Gasteiger partial charge in [0.15, 0.2) is 0 Å². The van der Waals surface area contributed by atoms with Crippen LogP contribution in [0.2, 0.25) is 0 Å². The van der Waals surface area contributed by atoms with Gasteiger partial charge in [-0.15, -0.1) is 0 Å². The van der Waals surface area contributed by atoms with Gasteiger partial charge in [-0.2, -0.15) is 0 Å². The molecule has 2 heteroatoms.